The first-order valence-electron chi connectivity index (χ1n) is 7.62. The second-order valence-electron chi connectivity index (χ2n) is 5.89. The lowest BCUT2D eigenvalue weighted by Gasteiger charge is -2.33. The summed E-state index contributed by atoms with van der Waals surface area (Å²) in [6.45, 7) is 0. The predicted molar refractivity (Wildman–Crippen MR) is 84.3 cm³/mol. The average Bonchev–Trinajstić information content (AvgIpc) is 2.56. The molecule has 108 valence electrons. The van der Waals surface area contributed by atoms with E-state index in [0.29, 0.717) is 0 Å². The number of aliphatic carboxylic acids is 1. The Morgan fingerprint density at radius 1 is 0.810 bits per heavy atom. The van der Waals surface area contributed by atoms with E-state index in [1.807, 2.05) is 42.5 Å². The highest BCUT2D eigenvalue weighted by Gasteiger charge is 2.41. The smallest absolute Gasteiger partial charge is 0.314 e. The molecule has 1 N–H and O–H groups in total. The van der Waals surface area contributed by atoms with Crippen molar-refractivity contribution in [3.8, 4) is 11.1 Å². The fourth-order valence-electron chi connectivity index (χ4n) is 3.39. The molecule has 0 atom stereocenters. The largest absolute Gasteiger partial charge is 0.481 e. The van der Waals surface area contributed by atoms with Crippen LogP contribution in [-0.4, -0.2) is 11.1 Å². The Kier molecular flexibility index (Phi) is 3.78. The molecule has 2 nitrogen and oxygen atoms in total. The van der Waals surface area contributed by atoms with Crippen molar-refractivity contribution in [1.82, 2.24) is 0 Å². The maximum atomic E-state index is 11.8. The zero-order chi connectivity index (χ0) is 14.7. The van der Waals surface area contributed by atoms with Crippen molar-refractivity contribution in [3.05, 3.63) is 60.2 Å². The molecule has 0 aromatic heterocycles. The summed E-state index contributed by atoms with van der Waals surface area (Å²) in [6.07, 6.45) is 4.68. The molecule has 2 heteroatoms. The van der Waals surface area contributed by atoms with Gasteiger partial charge in [-0.25, -0.2) is 0 Å². The SMILES string of the molecule is O=C(O)C1(c2ccc(-c3ccccc3)cc2)CCCCC1. The van der Waals surface area contributed by atoms with Crippen molar-refractivity contribution in [2.75, 3.05) is 0 Å². The fraction of sp³-hybridized carbons (Fsp3) is 0.316. The van der Waals surface area contributed by atoms with Crippen LogP contribution in [0.3, 0.4) is 0 Å². The molecule has 0 bridgehead atoms. The van der Waals surface area contributed by atoms with Crippen LogP contribution in [0.1, 0.15) is 37.7 Å². The molecule has 1 saturated carbocycles. The Bertz CT molecular complexity index is 608. The number of benzene rings is 2. The first-order chi connectivity index (χ1) is 10.2. The zero-order valence-electron chi connectivity index (χ0n) is 12.1. The summed E-state index contributed by atoms with van der Waals surface area (Å²) < 4.78 is 0. The van der Waals surface area contributed by atoms with Gasteiger partial charge in [-0.15, -0.1) is 0 Å². The molecule has 0 amide bonds. The van der Waals surface area contributed by atoms with Crippen molar-refractivity contribution < 1.29 is 9.90 Å². The van der Waals surface area contributed by atoms with Crippen molar-refractivity contribution in [2.24, 2.45) is 0 Å². The Morgan fingerprint density at radius 2 is 1.38 bits per heavy atom. The lowest BCUT2D eigenvalue weighted by Crippen LogP contribution is -2.37. The van der Waals surface area contributed by atoms with Crippen LogP contribution in [0.15, 0.2) is 54.6 Å². The summed E-state index contributed by atoms with van der Waals surface area (Å²) >= 11 is 0. The van der Waals surface area contributed by atoms with Crippen LogP contribution in [0.25, 0.3) is 11.1 Å². The fourth-order valence-corrected chi connectivity index (χ4v) is 3.39. The van der Waals surface area contributed by atoms with Gasteiger partial charge < -0.3 is 5.11 Å². The summed E-state index contributed by atoms with van der Waals surface area (Å²) in [5.41, 5.74) is 2.58. The molecule has 1 fully saturated rings. The van der Waals surface area contributed by atoms with Crippen LogP contribution in [0.4, 0.5) is 0 Å². The number of hydrogen-bond donors (Lipinski definition) is 1. The van der Waals surface area contributed by atoms with Crippen LogP contribution < -0.4 is 0 Å². The van der Waals surface area contributed by atoms with Crippen LogP contribution in [0.2, 0.25) is 0 Å². The summed E-state index contributed by atoms with van der Waals surface area (Å²) in [7, 11) is 0. The number of hydrogen-bond acceptors (Lipinski definition) is 1. The normalized spacial score (nSPS) is 17.3. The number of rotatable bonds is 3. The molecule has 0 aliphatic heterocycles. The van der Waals surface area contributed by atoms with Crippen molar-refractivity contribution in [3.63, 3.8) is 0 Å². The molecule has 0 radical (unpaired) electrons. The quantitative estimate of drug-likeness (QED) is 0.889. The number of carboxylic acids is 1. The highest BCUT2D eigenvalue weighted by atomic mass is 16.4. The minimum Gasteiger partial charge on any atom is -0.481 e. The first-order valence-corrected chi connectivity index (χ1v) is 7.62. The van der Waals surface area contributed by atoms with E-state index in [2.05, 4.69) is 12.1 Å². The van der Waals surface area contributed by atoms with Gasteiger partial charge in [-0.05, 0) is 29.5 Å². The summed E-state index contributed by atoms with van der Waals surface area (Å²) in [5, 5.41) is 9.73. The second-order valence-corrected chi connectivity index (χ2v) is 5.89. The Balaban J connectivity index is 1.94. The molecule has 0 heterocycles. The van der Waals surface area contributed by atoms with Gasteiger partial charge in [0.1, 0.15) is 0 Å². The Labute approximate surface area is 125 Å². The Morgan fingerprint density at radius 3 is 1.95 bits per heavy atom. The molecular formula is C19H20O2. The second kappa shape index (κ2) is 5.72. The van der Waals surface area contributed by atoms with E-state index in [0.717, 1.165) is 48.8 Å². The standard InChI is InChI=1S/C19H20O2/c20-18(21)19(13-5-2-6-14-19)17-11-9-16(10-12-17)15-7-3-1-4-8-15/h1,3-4,7-12H,2,5-6,13-14H2,(H,20,21). The van der Waals surface area contributed by atoms with Gasteiger partial charge in [-0.1, -0.05) is 73.9 Å². The van der Waals surface area contributed by atoms with Gasteiger partial charge in [-0.3, -0.25) is 4.79 Å². The van der Waals surface area contributed by atoms with E-state index < -0.39 is 11.4 Å². The van der Waals surface area contributed by atoms with E-state index >= 15 is 0 Å². The van der Waals surface area contributed by atoms with Gasteiger partial charge in [0.15, 0.2) is 0 Å². The van der Waals surface area contributed by atoms with Crippen molar-refractivity contribution in [1.29, 1.82) is 0 Å². The van der Waals surface area contributed by atoms with E-state index in [4.69, 9.17) is 0 Å². The van der Waals surface area contributed by atoms with Crippen molar-refractivity contribution in [2.45, 2.75) is 37.5 Å². The zero-order valence-corrected chi connectivity index (χ0v) is 12.1. The molecule has 2 aromatic rings. The van der Waals surface area contributed by atoms with Gasteiger partial charge in [-0.2, -0.15) is 0 Å². The van der Waals surface area contributed by atoms with Gasteiger partial charge in [0.05, 0.1) is 5.41 Å². The van der Waals surface area contributed by atoms with Gasteiger partial charge >= 0.3 is 5.97 Å². The molecule has 1 aliphatic carbocycles. The van der Waals surface area contributed by atoms with Crippen LogP contribution in [0.5, 0.6) is 0 Å². The molecule has 0 saturated heterocycles. The minimum absolute atomic E-state index is 0.672. The highest BCUT2D eigenvalue weighted by Crippen LogP contribution is 2.40. The van der Waals surface area contributed by atoms with E-state index in [-0.39, 0.29) is 0 Å². The Hall–Kier alpha value is -2.09. The van der Waals surface area contributed by atoms with E-state index in [9.17, 15) is 9.90 Å². The monoisotopic (exact) mass is 280 g/mol. The molecule has 1 aliphatic rings. The highest BCUT2D eigenvalue weighted by molar-refractivity contribution is 5.82. The van der Waals surface area contributed by atoms with E-state index in [1.54, 1.807) is 0 Å². The summed E-state index contributed by atoms with van der Waals surface area (Å²) in [5.74, 6) is -0.672. The molecule has 0 unspecified atom stereocenters. The van der Waals surface area contributed by atoms with Crippen LogP contribution >= 0.6 is 0 Å². The first kappa shape index (κ1) is 13.9. The van der Waals surface area contributed by atoms with Gasteiger partial charge in [0.25, 0.3) is 0 Å². The third-order valence-electron chi connectivity index (χ3n) is 4.66. The number of carbonyl (C=O) groups is 1. The lowest BCUT2D eigenvalue weighted by atomic mass is 9.69. The molecule has 0 spiro atoms. The average molecular weight is 280 g/mol. The predicted octanol–water partition coefficient (Wildman–Crippen LogP) is 4.64. The lowest BCUT2D eigenvalue weighted by molar-refractivity contribution is -0.145. The maximum Gasteiger partial charge on any atom is 0.314 e. The summed E-state index contributed by atoms with van der Waals surface area (Å²) in [6, 6.07) is 18.3. The van der Waals surface area contributed by atoms with Crippen LogP contribution in [-0.2, 0) is 10.2 Å². The minimum atomic E-state index is -0.673. The van der Waals surface area contributed by atoms with Gasteiger partial charge in [0, 0.05) is 0 Å². The van der Waals surface area contributed by atoms with Crippen LogP contribution in [0, 0.1) is 0 Å². The topological polar surface area (TPSA) is 37.3 Å². The third-order valence-corrected chi connectivity index (χ3v) is 4.66. The van der Waals surface area contributed by atoms with Gasteiger partial charge in [0.2, 0.25) is 0 Å². The summed E-state index contributed by atoms with van der Waals surface area (Å²) in [4.78, 5) is 11.8. The van der Waals surface area contributed by atoms with E-state index in [1.165, 1.54) is 0 Å². The molecule has 2 aromatic carbocycles. The third kappa shape index (κ3) is 2.58. The van der Waals surface area contributed by atoms with Crippen molar-refractivity contribution >= 4 is 5.97 Å². The molecule has 3 rings (SSSR count). The maximum absolute atomic E-state index is 11.8. The number of carboxylic acid groups (broad SMARTS) is 1. The molecule has 21 heavy (non-hydrogen) atoms. The molecular weight excluding hydrogens is 260 g/mol.